The Hall–Kier alpha value is -2.01. The van der Waals surface area contributed by atoms with E-state index < -0.39 is 48.6 Å². The third-order valence-electron chi connectivity index (χ3n) is 3.71. The van der Waals surface area contributed by atoms with Crippen molar-refractivity contribution in [2.45, 2.75) is 37.3 Å². The fourth-order valence-electron chi connectivity index (χ4n) is 2.32. The molecule has 0 aliphatic rings. The van der Waals surface area contributed by atoms with Gasteiger partial charge in [0.15, 0.2) is 0 Å². The van der Waals surface area contributed by atoms with Gasteiger partial charge in [0.05, 0.1) is 28.8 Å². The number of benzene rings is 1. The zero-order valence-electron chi connectivity index (χ0n) is 12.9. The number of alkyl halides is 3. The van der Waals surface area contributed by atoms with E-state index in [0.29, 0.717) is 0 Å². The second-order valence-electron chi connectivity index (χ2n) is 5.58. The number of aliphatic hydroxyl groups excluding tert-OH is 4. The Labute approximate surface area is 139 Å². The molecule has 2 aromatic rings. The van der Waals surface area contributed by atoms with E-state index in [-0.39, 0.29) is 23.1 Å². The average molecular weight is 362 g/mol. The third kappa shape index (κ3) is 4.54. The van der Waals surface area contributed by atoms with E-state index >= 15 is 0 Å². The van der Waals surface area contributed by atoms with Crippen molar-refractivity contribution in [3.63, 3.8) is 0 Å². The molecule has 0 aliphatic heterocycles. The van der Waals surface area contributed by atoms with E-state index in [0.717, 1.165) is 18.2 Å². The molecule has 7 nitrogen and oxygen atoms in total. The minimum absolute atomic E-state index is 0.0835. The van der Waals surface area contributed by atoms with E-state index in [1.54, 1.807) is 0 Å². The number of fused-ring (bicyclic) bond motifs is 1. The molecule has 3 atom stereocenters. The first kappa shape index (κ1) is 19.3. The molecule has 0 fully saturated rings. The lowest BCUT2D eigenvalue weighted by Gasteiger charge is -2.22. The molecule has 0 radical (unpaired) electrons. The molecule has 0 saturated heterocycles. The number of aliphatic hydroxyl groups is 4. The molecular weight excluding hydrogens is 345 g/mol. The SMILES string of the molecule is O=c1[nH]c2cc(C(F)(F)F)ccc2nc1C[C@@H](O)[C@@H](O)C(O)CCO. The summed E-state index contributed by atoms with van der Waals surface area (Å²) in [4.78, 5) is 18.1. The van der Waals surface area contributed by atoms with Crippen molar-refractivity contribution in [3.05, 3.63) is 39.8 Å². The second-order valence-corrected chi connectivity index (χ2v) is 5.58. The number of nitrogens with zero attached hydrogens (tertiary/aromatic N) is 1. The summed E-state index contributed by atoms with van der Waals surface area (Å²) in [5, 5.41) is 37.8. The van der Waals surface area contributed by atoms with Gasteiger partial charge in [-0.3, -0.25) is 4.79 Å². The quantitative estimate of drug-likeness (QED) is 0.490. The van der Waals surface area contributed by atoms with Gasteiger partial charge >= 0.3 is 6.18 Å². The predicted octanol–water partition coefficient (Wildman–Crippen LogP) is -0.0505. The molecule has 1 aromatic heterocycles. The predicted molar refractivity (Wildman–Crippen MR) is 80.8 cm³/mol. The van der Waals surface area contributed by atoms with Gasteiger partial charge in [-0.25, -0.2) is 4.98 Å². The number of hydrogen-bond acceptors (Lipinski definition) is 6. The monoisotopic (exact) mass is 362 g/mol. The molecule has 0 bridgehead atoms. The molecule has 1 aromatic carbocycles. The number of H-pyrrole nitrogens is 1. The van der Waals surface area contributed by atoms with Gasteiger partial charge in [-0.05, 0) is 24.6 Å². The van der Waals surface area contributed by atoms with Crippen LogP contribution in [-0.4, -0.2) is 55.3 Å². The first-order chi connectivity index (χ1) is 11.6. The van der Waals surface area contributed by atoms with Crippen LogP contribution in [0.15, 0.2) is 23.0 Å². The summed E-state index contributed by atoms with van der Waals surface area (Å²) in [6.45, 7) is -0.401. The number of rotatable bonds is 6. The van der Waals surface area contributed by atoms with E-state index in [4.69, 9.17) is 5.11 Å². The van der Waals surface area contributed by atoms with Crippen LogP contribution in [0.25, 0.3) is 11.0 Å². The summed E-state index contributed by atoms with van der Waals surface area (Å²) in [7, 11) is 0. The topological polar surface area (TPSA) is 127 Å². The van der Waals surface area contributed by atoms with Crippen LogP contribution in [0.3, 0.4) is 0 Å². The number of aromatic amines is 1. The van der Waals surface area contributed by atoms with E-state index in [2.05, 4.69) is 9.97 Å². The molecule has 5 N–H and O–H groups in total. The fourth-order valence-corrected chi connectivity index (χ4v) is 2.32. The van der Waals surface area contributed by atoms with Crippen molar-refractivity contribution in [2.24, 2.45) is 0 Å². The maximum Gasteiger partial charge on any atom is 0.416 e. The van der Waals surface area contributed by atoms with Crippen LogP contribution in [-0.2, 0) is 12.6 Å². The lowest BCUT2D eigenvalue weighted by atomic mass is 10.0. The molecule has 0 aliphatic carbocycles. The Balaban J connectivity index is 2.28. The molecule has 2 rings (SSSR count). The average Bonchev–Trinajstić information content (AvgIpc) is 2.53. The second kappa shape index (κ2) is 7.48. The summed E-state index contributed by atoms with van der Waals surface area (Å²) in [6.07, 6.45) is -9.70. The van der Waals surface area contributed by atoms with E-state index in [1.165, 1.54) is 0 Å². The highest BCUT2D eigenvalue weighted by Crippen LogP contribution is 2.30. The van der Waals surface area contributed by atoms with Crippen LogP contribution in [0.2, 0.25) is 0 Å². The largest absolute Gasteiger partial charge is 0.416 e. The van der Waals surface area contributed by atoms with Gasteiger partial charge in [-0.1, -0.05) is 0 Å². The highest BCUT2D eigenvalue weighted by molar-refractivity contribution is 5.75. The Morgan fingerprint density at radius 2 is 1.84 bits per heavy atom. The first-order valence-corrected chi connectivity index (χ1v) is 7.38. The van der Waals surface area contributed by atoms with Crippen LogP contribution >= 0.6 is 0 Å². The molecule has 0 amide bonds. The molecule has 1 heterocycles. The molecule has 0 spiro atoms. The highest BCUT2D eigenvalue weighted by atomic mass is 19.4. The van der Waals surface area contributed by atoms with Gasteiger partial charge in [0.25, 0.3) is 5.56 Å². The van der Waals surface area contributed by atoms with Crippen LogP contribution in [0.1, 0.15) is 17.7 Å². The van der Waals surface area contributed by atoms with E-state index in [9.17, 15) is 33.3 Å². The lowest BCUT2D eigenvalue weighted by Crippen LogP contribution is -2.40. The molecule has 138 valence electrons. The number of halogens is 3. The summed E-state index contributed by atoms with van der Waals surface area (Å²) in [6, 6.07) is 2.65. The highest BCUT2D eigenvalue weighted by Gasteiger charge is 2.31. The van der Waals surface area contributed by atoms with Crippen LogP contribution in [0, 0.1) is 0 Å². The smallest absolute Gasteiger partial charge is 0.396 e. The molecule has 1 unspecified atom stereocenters. The summed E-state index contributed by atoms with van der Waals surface area (Å²) >= 11 is 0. The normalized spacial score (nSPS) is 16.0. The van der Waals surface area contributed by atoms with Crippen molar-refractivity contribution >= 4 is 11.0 Å². The van der Waals surface area contributed by atoms with Gasteiger partial charge in [-0.2, -0.15) is 13.2 Å². The van der Waals surface area contributed by atoms with Crippen molar-refractivity contribution in [2.75, 3.05) is 6.61 Å². The maximum atomic E-state index is 12.7. The third-order valence-corrected chi connectivity index (χ3v) is 3.71. The lowest BCUT2D eigenvalue weighted by molar-refractivity contribution is -0.137. The standard InChI is InChI=1S/C15H17F3N2O5/c16-15(17,18)7-1-2-8-9(5-7)20-14(25)10(19-8)6-12(23)13(24)11(22)3-4-21/h1-2,5,11-13,21-24H,3-4,6H2,(H,20,25)/t11?,12-,13+/m1/s1. The Kier molecular flexibility index (Phi) is 5.78. The Morgan fingerprint density at radius 1 is 1.16 bits per heavy atom. The number of hydrogen-bond donors (Lipinski definition) is 5. The van der Waals surface area contributed by atoms with Gasteiger partial charge in [0.1, 0.15) is 11.8 Å². The Morgan fingerprint density at radius 3 is 2.44 bits per heavy atom. The van der Waals surface area contributed by atoms with Crippen LogP contribution < -0.4 is 5.56 Å². The fraction of sp³-hybridized carbons (Fsp3) is 0.467. The van der Waals surface area contributed by atoms with Gasteiger partial charge in [0.2, 0.25) is 0 Å². The maximum absolute atomic E-state index is 12.7. The van der Waals surface area contributed by atoms with Crippen molar-refractivity contribution < 1.29 is 33.6 Å². The minimum Gasteiger partial charge on any atom is -0.396 e. The van der Waals surface area contributed by atoms with Gasteiger partial charge in [0, 0.05) is 13.0 Å². The van der Waals surface area contributed by atoms with Crippen LogP contribution in [0.4, 0.5) is 13.2 Å². The van der Waals surface area contributed by atoms with Crippen molar-refractivity contribution in [1.82, 2.24) is 9.97 Å². The van der Waals surface area contributed by atoms with Gasteiger partial charge < -0.3 is 25.4 Å². The minimum atomic E-state index is -4.56. The number of aromatic nitrogens is 2. The summed E-state index contributed by atoms with van der Waals surface area (Å²) in [5.41, 5.74) is -1.98. The van der Waals surface area contributed by atoms with Crippen LogP contribution in [0.5, 0.6) is 0 Å². The summed E-state index contributed by atoms with van der Waals surface area (Å²) in [5.74, 6) is 0. The molecule has 10 heteroatoms. The molecular formula is C15H17F3N2O5. The zero-order valence-corrected chi connectivity index (χ0v) is 12.9. The summed E-state index contributed by atoms with van der Waals surface area (Å²) < 4.78 is 38.0. The number of nitrogens with one attached hydrogen (secondary N) is 1. The van der Waals surface area contributed by atoms with Crippen molar-refractivity contribution in [3.8, 4) is 0 Å². The van der Waals surface area contributed by atoms with E-state index in [1.807, 2.05) is 0 Å². The first-order valence-electron chi connectivity index (χ1n) is 7.38. The van der Waals surface area contributed by atoms with Gasteiger partial charge in [-0.15, -0.1) is 0 Å². The van der Waals surface area contributed by atoms with Crippen molar-refractivity contribution in [1.29, 1.82) is 0 Å². The molecule has 25 heavy (non-hydrogen) atoms. The zero-order chi connectivity index (χ0) is 18.8. The molecule has 0 saturated carbocycles. The Bertz CT molecular complexity index is 793.